The standard InChI is InChI=1S/C21H35N3O3.HI/c1-3-11-27-20-8-5-7-18(14-20)15-24-21(22-4-2)23-10-6-12-25-16-19-9-13-26-17-19;/h5,7-8,14,19H,3-4,6,9-13,15-17H2,1-2H3,(H2,22,23,24);1H. The zero-order valence-corrected chi connectivity index (χ0v) is 19.6. The maximum absolute atomic E-state index is 5.74. The molecule has 0 saturated carbocycles. The summed E-state index contributed by atoms with van der Waals surface area (Å²) in [7, 11) is 0. The molecule has 0 aliphatic carbocycles. The van der Waals surface area contributed by atoms with Crippen LogP contribution in [-0.2, 0) is 16.0 Å². The SMILES string of the molecule is CCCOc1cccc(CN=C(NCC)NCCCOCC2CCOC2)c1.I. The van der Waals surface area contributed by atoms with Crippen molar-refractivity contribution in [3.05, 3.63) is 29.8 Å². The van der Waals surface area contributed by atoms with E-state index in [1.165, 1.54) is 0 Å². The van der Waals surface area contributed by atoms with Gasteiger partial charge in [0, 0.05) is 32.2 Å². The van der Waals surface area contributed by atoms with Crippen LogP contribution in [0.5, 0.6) is 5.75 Å². The minimum Gasteiger partial charge on any atom is -0.494 e. The highest BCUT2D eigenvalue weighted by Crippen LogP contribution is 2.14. The van der Waals surface area contributed by atoms with E-state index < -0.39 is 0 Å². The van der Waals surface area contributed by atoms with Crippen LogP contribution in [0.4, 0.5) is 0 Å². The number of hydrogen-bond acceptors (Lipinski definition) is 4. The Kier molecular flexibility index (Phi) is 14.1. The van der Waals surface area contributed by atoms with E-state index in [2.05, 4.69) is 41.6 Å². The van der Waals surface area contributed by atoms with E-state index in [0.29, 0.717) is 12.5 Å². The number of hydrogen-bond donors (Lipinski definition) is 2. The molecule has 1 aliphatic heterocycles. The van der Waals surface area contributed by atoms with Gasteiger partial charge in [0.1, 0.15) is 5.75 Å². The van der Waals surface area contributed by atoms with Gasteiger partial charge >= 0.3 is 0 Å². The lowest BCUT2D eigenvalue weighted by Crippen LogP contribution is -2.38. The van der Waals surface area contributed by atoms with Crippen LogP contribution in [0.15, 0.2) is 29.3 Å². The highest BCUT2D eigenvalue weighted by atomic mass is 127. The molecule has 1 aliphatic rings. The Morgan fingerprint density at radius 3 is 2.89 bits per heavy atom. The molecule has 2 N–H and O–H groups in total. The molecule has 0 radical (unpaired) electrons. The monoisotopic (exact) mass is 505 g/mol. The van der Waals surface area contributed by atoms with Gasteiger partial charge in [0.15, 0.2) is 5.96 Å². The van der Waals surface area contributed by atoms with Gasteiger partial charge in [0.25, 0.3) is 0 Å². The summed E-state index contributed by atoms with van der Waals surface area (Å²) in [6.07, 6.45) is 3.09. The first-order chi connectivity index (χ1) is 13.3. The summed E-state index contributed by atoms with van der Waals surface area (Å²) in [5, 5.41) is 6.66. The van der Waals surface area contributed by atoms with Crippen LogP contribution < -0.4 is 15.4 Å². The van der Waals surface area contributed by atoms with Crippen molar-refractivity contribution in [2.45, 2.75) is 39.7 Å². The summed E-state index contributed by atoms with van der Waals surface area (Å²) in [6, 6.07) is 8.14. The maximum atomic E-state index is 5.74. The fourth-order valence-corrected chi connectivity index (χ4v) is 2.81. The van der Waals surface area contributed by atoms with Crippen LogP contribution in [0, 0.1) is 5.92 Å². The summed E-state index contributed by atoms with van der Waals surface area (Å²) in [5.41, 5.74) is 1.14. The molecule has 160 valence electrons. The molecule has 28 heavy (non-hydrogen) atoms. The lowest BCUT2D eigenvalue weighted by atomic mass is 10.1. The Morgan fingerprint density at radius 2 is 2.14 bits per heavy atom. The van der Waals surface area contributed by atoms with Crippen LogP contribution in [0.1, 0.15) is 38.7 Å². The fourth-order valence-electron chi connectivity index (χ4n) is 2.81. The van der Waals surface area contributed by atoms with E-state index in [-0.39, 0.29) is 24.0 Å². The number of aliphatic imine (C=N–C) groups is 1. The molecule has 1 fully saturated rings. The number of rotatable bonds is 12. The topological polar surface area (TPSA) is 64.1 Å². The van der Waals surface area contributed by atoms with Gasteiger partial charge in [-0.25, -0.2) is 4.99 Å². The van der Waals surface area contributed by atoms with Crippen molar-refractivity contribution in [1.29, 1.82) is 0 Å². The molecule has 1 heterocycles. The van der Waals surface area contributed by atoms with Crippen molar-refractivity contribution in [3.8, 4) is 5.75 Å². The zero-order valence-electron chi connectivity index (χ0n) is 17.2. The second kappa shape index (κ2) is 15.8. The maximum Gasteiger partial charge on any atom is 0.191 e. The first kappa shape index (κ1) is 25.0. The first-order valence-corrected chi connectivity index (χ1v) is 10.2. The number of benzene rings is 1. The Labute approximate surface area is 186 Å². The van der Waals surface area contributed by atoms with E-state index in [9.17, 15) is 0 Å². The van der Waals surface area contributed by atoms with Crippen molar-refractivity contribution in [2.75, 3.05) is 46.1 Å². The molecule has 1 atom stereocenters. The molecule has 0 spiro atoms. The smallest absolute Gasteiger partial charge is 0.191 e. The number of guanidine groups is 1. The normalized spacial score (nSPS) is 16.5. The molecule has 2 rings (SSSR count). The molecular weight excluding hydrogens is 469 g/mol. The molecule has 1 aromatic rings. The van der Waals surface area contributed by atoms with Crippen LogP contribution in [0.25, 0.3) is 0 Å². The third kappa shape index (κ3) is 10.5. The van der Waals surface area contributed by atoms with E-state index in [1.54, 1.807) is 0 Å². The molecule has 1 aromatic carbocycles. The average Bonchev–Trinajstić information content (AvgIpc) is 3.21. The Morgan fingerprint density at radius 1 is 1.25 bits per heavy atom. The van der Waals surface area contributed by atoms with E-state index >= 15 is 0 Å². The number of ether oxygens (including phenoxy) is 3. The largest absolute Gasteiger partial charge is 0.494 e. The minimum absolute atomic E-state index is 0. The van der Waals surface area contributed by atoms with Gasteiger partial charge in [-0.15, -0.1) is 24.0 Å². The predicted molar refractivity (Wildman–Crippen MR) is 125 cm³/mol. The quantitative estimate of drug-likeness (QED) is 0.197. The van der Waals surface area contributed by atoms with E-state index in [4.69, 9.17) is 14.2 Å². The summed E-state index contributed by atoms with van der Waals surface area (Å²) in [6.45, 7) is 10.5. The summed E-state index contributed by atoms with van der Waals surface area (Å²) >= 11 is 0. The summed E-state index contributed by atoms with van der Waals surface area (Å²) in [4.78, 5) is 4.67. The van der Waals surface area contributed by atoms with Gasteiger partial charge in [-0.05, 0) is 43.9 Å². The number of nitrogens with one attached hydrogen (secondary N) is 2. The highest BCUT2D eigenvalue weighted by Gasteiger charge is 2.15. The van der Waals surface area contributed by atoms with Crippen molar-refractivity contribution in [2.24, 2.45) is 10.9 Å². The molecule has 7 heteroatoms. The second-order valence-corrected chi connectivity index (χ2v) is 6.78. The molecule has 6 nitrogen and oxygen atoms in total. The average molecular weight is 505 g/mol. The van der Waals surface area contributed by atoms with Crippen molar-refractivity contribution in [1.82, 2.24) is 10.6 Å². The molecule has 0 bridgehead atoms. The second-order valence-electron chi connectivity index (χ2n) is 6.78. The first-order valence-electron chi connectivity index (χ1n) is 10.2. The van der Waals surface area contributed by atoms with Crippen LogP contribution >= 0.6 is 24.0 Å². The van der Waals surface area contributed by atoms with Crippen LogP contribution in [-0.4, -0.2) is 52.1 Å². The lowest BCUT2D eigenvalue weighted by Gasteiger charge is -2.12. The van der Waals surface area contributed by atoms with Crippen molar-refractivity contribution < 1.29 is 14.2 Å². The third-order valence-electron chi connectivity index (χ3n) is 4.27. The molecular formula is C21H36IN3O3. The Balaban J connectivity index is 0.00000392. The Hall–Kier alpha value is -1.06. The van der Waals surface area contributed by atoms with Gasteiger partial charge in [-0.3, -0.25) is 0 Å². The van der Waals surface area contributed by atoms with Gasteiger partial charge in [0.05, 0.1) is 26.4 Å². The third-order valence-corrected chi connectivity index (χ3v) is 4.27. The van der Waals surface area contributed by atoms with E-state index in [1.807, 2.05) is 12.1 Å². The molecule has 1 unspecified atom stereocenters. The van der Waals surface area contributed by atoms with Crippen LogP contribution in [0.3, 0.4) is 0 Å². The van der Waals surface area contributed by atoms with Gasteiger partial charge in [-0.1, -0.05) is 19.1 Å². The Bertz CT molecular complexity index is 551. The van der Waals surface area contributed by atoms with Gasteiger partial charge in [-0.2, -0.15) is 0 Å². The zero-order chi connectivity index (χ0) is 19.2. The summed E-state index contributed by atoms with van der Waals surface area (Å²) in [5.74, 6) is 2.32. The van der Waals surface area contributed by atoms with Gasteiger partial charge in [0.2, 0.25) is 0 Å². The van der Waals surface area contributed by atoms with Gasteiger partial charge < -0.3 is 24.8 Å². The van der Waals surface area contributed by atoms with E-state index in [0.717, 1.165) is 82.7 Å². The van der Waals surface area contributed by atoms with Crippen LogP contribution in [0.2, 0.25) is 0 Å². The number of halogens is 1. The number of nitrogens with zero attached hydrogens (tertiary/aromatic N) is 1. The predicted octanol–water partition coefficient (Wildman–Crippen LogP) is 3.59. The molecule has 0 aromatic heterocycles. The fraction of sp³-hybridized carbons (Fsp3) is 0.667. The van der Waals surface area contributed by atoms with Crippen molar-refractivity contribution in [3.63, 3.8) is 0 Å². The highest BCUT2D eigenvalue weighted by molar-refractivity contribution is 14.0. The lowest BCUT2D eigenvalue weighted by molar-refractivity contribution is 0.0888. The minimum atomic E-state index is 0. The summed E-state index contributed by atoms with van der Waals surface area (Å²) < 4.78 is 16.8. The van der Waals surface area contributed by atoms with Crippen molar-refractivity contribution >= 4 is 29.9 Å². The molecule has 0 amide bonds. The molecule has 1 saturated heterocycles.